The number of ether oxygens (including phenoxy) is 2. The molecule has 196 valence electrons. The maximum Gasteiger partial charge on any atom is 0.338 e. The summed E-state index contributed by atoms with van der Waals surface area (Å²) in [5, 5.41) is 3.66. The molecule has 0 spiro atoms. The second-order valence-electron chi connectivity index (χ2n) is 13.2. The van der Waals surface area contributed by atoms with E-state index >= 15 is 0 Å². The minimum atomic E-state index is -0.346. The van der Waals surface area contributed by atoms with Crippen LogP contribution in [-0.2, 0) is 9.47 Å². The quantitative estimate of drug-likeness (QED) is 0.547. The molecule has 2 saturated heterocycles. The van der Waals surface area contributed by atoms with E-state index < -0.39 is 0 Å². The Kier molecular flexibility index (Phi) is 7.79. The number of hydrogen-bond acceptors (Lipinski definition) is 6. The highest BCUT2D eigenvalue weighted by atomic mass is 16.5. The number of benzene rings is 1. The van der Waals surface area contributed by atoms with Crippen LogP contribution >= 0.6 is 0 Å². The summed E-state index contributed by atoms with van der Waals surface area (Å²) < 4.78 is 11.8. The zero-order valence-electron chi connectivity index (χ0n) is 23.3. The Morgan fingerprint density at radius 2 is 1.20 bits per heavy atom. The first-order valence-electron chi connectivity index (χ1n) is 13.1. The van der Waals surface area contributed by atoms with Gasteiger partial charge in [-0.25, -0.2) is 9.59 Å². The molecule has 35 heavy (non-hydrogen) atoms. The SMILES string of the molecule is CN1C(C)(C)CCC(OC(=O)c2ccc(C(=O)OC3CCC(C)(C)NC(C)(C)C3)cc2)CC1(C)C. The lowest BCUT2D eigenvalue weighted by Gasteiger charge is -2.44. The zero-order valence-corrected chi connectivity index (χ0v) is 23.3. The van der Waals surface area contributed by atoms with Crippen molar-refractivity contribution in [2.75, 3.05) is 7.05 Å². The van der Waals surface area contributed by atoms with Crippen molar-refractivity contribution in [1.82, 2.24) is 10.2 Å². The summed E-state index contributed by atoms with van der Waals surface area (Å²) in [6, 6.07) is 6.66. The minimum absolute atomic E-state index is 0.00436. The predicted molar refractivity (Wildman–Crippen MR) is 140 cm³/mol. The minimum Gasteiger partial charge on any atom is -0.459 e. The van der Waals surface area contributed by atoms with E-state index in [1.165, 1.54) is 0 Å². The molecule has 2 heterocycles. The Morgan fingerprint density at radius 3 is 1.71 bits per heavy atom. The van der Waals surface area contributed by atoms with Gasteiger partial charge in [-0.3, -0.25) is 4.90 Å². The van der Waals surface area contributed by atoms with Crippen LogP contribution in [0.25, 0.3) is 0 Å². The van der Waals surface area contributed by atoms with Crippen LogP contribution in [0, 0.1) is 0 Å². The van der Waals surface area contributed by atoms with E-state index in [1.54, 1.807) is 24.3 Å². The summed E-state index contributed by atoms with van der Waals surface area (Å²) in [6.45, 7) is 17.6. The van der Waals surface area contributed by atoms with E-state index in [2.05, 4.69) is 72.7 Å². The summed E-state index contributed by atoms with van der Waals surface area (Å²) in [4.78, 5) is 28.1. The van der Waals surface area contributed by atoms with Crippen LogP contribution < -0.4 is 5.32 Å². The van der Waals surface area contributed by atoms with Crippen LogP contribution in [-0.4, -0.2) is 58.2 Å². The first-order chi connectivity index (χ1) is 16.0. The molecule has 0 aliphatic carbocycles. The van der Waals surface area contributed by atoms with Crippen LogP contribution in [0.4, 0.5) is 0 Å². The van der Waals surface area contributed by atoms with Crippen molar-refractivity contribution in [3.05, 3.63) is 35.4 Å². The largest absolute Gasteiger partial charge is 0.459 e. The Labute approximate surface area is 212 Å². The molecule has 0 saturated carbocycles. The number of carbonyl (C=O) groups excluding carboxylic acids is 2. The van der Waals surface area contributed by atoms with Crippen molar-refractivity contribution < 1.29 is 19.1 Å². The van der Waals surface area contributed by atoms with Crippen molar-refractivity contribution >= 4 is 11.9 Å². The lowest BCUT2D eigenvalue weighted by Crippen LogP contribution is -2.52. The van der Waals surface area contributed by atoms with E-state index in [-0.39, 0.29) is 46.3 Å². The van der Waals surface area contributed by atoms with E-state index in [0.29, 0.717) is 11.1 Å². The standard InChI is InChI=1S/C29H46N2O4/c1-26(2)16-14-22(18-27(3,4)30-26)34-24(32)20-10-12-21(13-11-20)25(33)35-23-15-17-28(5,6)31(9)29(7,8)19-23/h10-13,22-23,30H,14-19H2,1-9H3. The monoisotopic (exact) mass is 486 g/mol. The number of hydrogen-bond donors (Lipinski definition) is 1. The highest BCUT2D eigenvalue weighted by molar-refractivity contribution is 5.93. The van der Waals surface area contributed by atoms with Crippen LogP contribution in [0.3, 0.4) is 0 Å². The summed E-state index contributed by atoms with van der Waals surface area (Å²) in [7, 11) is 2.15. The lowest BCUT2D eigenvalue weighted by atomic mass is 9.93. The Morgan fingerprint density at radius 1 is 0.743 bits per heavy atom. The molecule has 2 atom stereocenters. The van der Waals surface area contributed by atoms with Gasteiger partial charge in [0.25, 0.3) is 0 Å². The van der Waals surface area contributed by atoms with Crippen molar-refractivity contribution in [3.8, 4) is 0 Å². The van der Waals surface area contributed by atoms with Crippen LogP contribution in [0.5, 0.6) is 0 Å². The van der Waals surface area contributed by atoms with Crippen molar-refractivity contribution in [3.63, 3.8) is 0 Å². The van der Waals surface area contributed by atoms with Gasteiger partial charge in [-0.1, -0.05) is 0 Å². The molecule has 0 aromatic heterocycles. The van der Waals surface area contributed by atoms with Gasteiger partial charge in [0, 0.05) is 35.0 Å². The summed E-state index contributed by atoms with van der Waals surface area (Å²) in [6.07, 6.45) is 4.82. The molecule has 1 N–H and O–H groups in total. The molecule has 2 unspecified atom stereocenters. The number of likely N-dealkylation sites (tertiary alicyclic amines) is 1. The van der Waals surface area contributed by atoms with Crippen LogP contribution in [0.15, 0.2) is 24.3 Å². The Balaban J connectivity index is 1.61. The predicted octanol–water partition coefficient (Wildman–Crippen LogP) is 5.74. The maximum absolute atomic E-state index is 12.9. The summed E-state index contributed by atoms with van der Waals surface area (Å²) in [5.41, 5.74) is 0.771. The summed E-state index contributed by atoms with van der Waals surface area (Å²) in [5.74, 6) is -0.687. The first-order valence-corrected chi connectivity index (χ1v) is 13.1. The van der Waals surface area contributed by atoms with Gasteiger partial charge in [0.2, 0.25) is 0 Å². The molecule has 0 amide bonds. The number of esters is 2. The fourth-order valence-corrected chi connectivity index (χ4v) is 5.90. The highest BCUT2D eigenvalue weighted by Gasteiger charge is 2.41. The highest BCUT2D eigenvalue weighted by Crippen LogP contribution is 2.36. The molecule has 6 nitrogen and oxygen atoms in total. The molecule has 2 aliphatic heterocycles. The molecule has 0 radical (unpaired) electrons. The molecule has 3 rings (SSSR count). The average molecular weight is 487 g/mol. The van der Waals surface area contributed by atoms with E-state index in [9.17, 15) is 9.59 Å². The Hall–Kier alpha value is -1.92. The fraction of sp³-hybridized carbons (Fsp3) is 0.724. The van der Waals surface area contributed by atoms with Gasteiger partial charge in [-0.15, -0.1) is 0 Å². The molecule has 0 bridgehead atoms. The molecule has 2 fully saturated rings. The third-order valence-electron chi connectivity index (χ3n) is 8.03. The number of nitrogens with one attached hydrogen (secondary N) is 1. The molecular formula is C29H46N2O4. The second kappa shape index (κ2) is 9.85. The molecule has 6 heteroatoms. The molecule has 2 aliphatic rings. The van der Waals surface area contributed by atoms with Gasteiger partial charge in [0.15, 0.2) is 0 Å². The molecule has 1 aromatic rings. The lowest BCUT2D eigenvalue weighted by molar-refractivity contribution is 0.0112. The summed E-state index contributed by atoms with van der Waals surface area (Å²) >= 11 is 0. The second-order valence-corrected chi connectivity index (χ2v) is 13.2. The normalized spacial score (nSPS) is 27.8. The third kappa shape index (κ3) is 7.07. The van der Waals surface area contributed by atoms with Crippen LogP contribution in [0.2, 0.25) is 0 Å². The van der Waals surface area contributed by atoms with Crippen molar-refractivity contribution in [1.29, 1.82) is 0 Å². The van der Waals surface area contributed by atoms with Crippen LogP contribution in [0.1, 0.15) is 115 Å². The van der Waals surface area contributed by atoms with Crippen molar-refractivity contribution in [2.24, 2.45) is 0 Å². The van der Waals surface area contributed by atoms with Gasteiger partial charge in [-0.05, 0) is 112 Å². The van der Waals surface area contributed by atoms with Gasteiger partial charge in [0.1, 0.15) is 12.2 Å². The van der Waals surface area contributed by atoms with E-state index in [0.717, 1.165) is 38.5 Å². The zero-order chi connectivity index (χ0) is 26.2. The van der Waals surface area contributed by atoms with Gasteiger partial charge < -0.3 is 14.8 Å². The maximum atomic E-state index is 12.9. The van der Waals surface area contributed by atoms with E-state index in [4.69, 9.17) is 9.47 Å². The van der Waals surface area contributed by atoms with Gasteiger partial charge in [-0.2, -0.15) is 0 Å². The topological polar surface area (TPSA) is 67.9 Å². The number of rotatable bonds is 4. The fourth-order valence-electron chi connectivity index (χ4n) is 5.90. The first kappa shape index (κ1) is 27.7. The Bertz CT molecular complexity index is 917. The third-order valence-corrected chi connectivity index (χ3v) is 8.03. The van der Waals surface area contributed by atoms with Gasteiger partial charge in [0.05, 0.1) is 11.1 Å². The smallest absolute Gasteiger partial charge is 0.338 e. The molecular weight excluding hydrogens is 440 g/mol. The average Bonchev–Trinajstić information content (AvgIpc) is 2.88. The number of carbonyl (C=O) groups is 2. The van der Waals surface area contributed by atoms with Crippen molar-refractivity contribution in [2.45, 2.75) is 128 Å². The van der Waals surface area contributed by atoms with Gasteiger partial charge >= 0.3 is 11.9 Å². The number of nitrogens with zero attached hydrogens (tertiary/aromatic N) is 1. The van der Waals surface area contributed by atoms with E-state index in [1.807, 2.05) is 0 Å². The molecule has 1 aromatic carbocycles.